The summed E-state index contributed by atoms with van der Waals surface area (Å²) in [5, 5.41) is 0. The van der Waals surface area contributed by atoms with Gasteiger partial charge in [0.25, 0.3) is 0 Å². The molecular formula is C8H17N2O2P. The summed E-state index contributed by atoms with van der Waals surface area (Å²) in [5.74, 6) is -0.155. The van der Waals surface area contributed by atoms with Crippen LogP contribution in [-0.2, 0) is 9.53 Å². The van der Waals surface area contributed by atoms with Crippen LogP contribution in [0, 0.1) is 0 Å². The van der Waals surface area contributed by atoms with Crippen molar-refractivity contribution in [2.24, 2.45) is 5.73 Å². The predicted octanol–water partition coefficient (Wildman–Crippen LogP) is 0.131. The molecule has 3 atom stereocenters. The van der Waals surface area contributed by atoms with E-state index in [0.29, 0.717) is 13.0 Å². The van der Waals surface area contributed by atoms with Crippen LogP contribution in [-0.4, -0.2) is 35.9 Å². The van der Waals surface area contributed by atoms with Crippen molar-refractivity contribution >= 4 is 15.4 Å². The number of rotatable bonds is 3. The van der Waals surface area contributed by atoms with Crippen molar-refractivity contribution in [3.05, 3.63) is 0 Å². The predicted molar refractivity (Wildman–Crippen MR) is 54.0 cm³/mol. The van der Waals surface area contributed by atoms with E-state index in [0.717, 1.165) is 13.0 Å². The Bertz CT molecular complexity index is 179. The molecule has 0 radical (unpaired) electrons. The first kappa shape index (κ1) is 10.9. The standard InChI is InChI=1S/C8H17N2O2P/c1-2-12-8(11)5-7-6(9)3-4-10(7)13/h6-7H,2-5,9,13H2,1H3/t6?,7-/m1/s1. The highest BCUT2D eigenvalue weighted by Gasteiger charge is 2.31. The lowest BCUT2D eigenvalue weighted by Gasteiger charge is -2.21. The van der Waals surface area contributed by atoms with Crippen LogP contribution in [0.1, 0.15) is 19.8 Å². The zero-order valence-electron chi connectivity index (χ0n) is 7.90. The third-order valence-corrected chi connectivity index (χ3v) is 2.96. The first-order valence-electron chi connectivity index (χ1n) is 4.57. The molecule has 0 amide bonds. The second-order valence-corrected chi connectivity index (χ2v) is 3.93. The van der Waals surface area contributed by atoms with Crippen molar-refractivity contribution < 1.29 is 9.53 Å². The van der Waals surface area contributed by atoms with Crippen LogP contribution < -0.4 is 5.73 Å². The maximum absolute atomic E-state index is 11.2. The molecule has 0 saturated carbocycles. The molecule has 13 heavy (non-hydrogen) atoms. The number of carbonyl (C=O) groups excluding carboxylic acids is 1. The van der Waals surface area contributed by atoms with Gasteiger partial charge < -0.3 is 10.5 Å². The van der Waals surface area contributed by atoms with E-state index in [2.05, 4.69) is 9.39 Å². The van der Waals surface area contributed by atoms with E-state index < -0.39 is 0 Å². The third kappa shape index (κ3) is 2.90. The van der Waals surface area contributed by atoms with Crippen molar-refractivity contribution in [3.8, 4) is 0 Å². The fourth-order valence-corrected chi connectivity index (χ4v) is 2.04. The minimum atomic E-state index is -0.155. The van der Waals surface area contributed by atoms with E-state index in [4.69, 9.17) is 10.5 Å². The Hall–Kier alpha value is -0.180. The number of hydrogen-bond acceptors (Lipinski definition) is 4. The lowest BCUT2D eigenvalue weighted by molar-refractivity contribution is -0.144. The van der Waals surface area contributed by atoms with E-state index in [1.807, 2.05) is 11.6 Å². The fraction of sp³-hybridized carbons (Fsp3) is 0.875. The van der Waals surface area contributed by atoms with Crippen molar-refractivity contribution in [1.82, 2.24) is 4.67 Å². The zero-order chi connectivity index (χ0) is 9.84. The van der Waals surface area contributed by atoms with Crippen LogP contribution in [0.4, 0.5) is 0 Å². The highest BCUT2D eigenvalue weighted by molar-refractivity contribution is 7.13. The average Bonchev–Trinajstić information content (AvgIpc) is 2.36. The lowest BCUT2D eigenvalue weighted by atomic mass is 10.1. The zero-order valence-corrected chi connectivity index (χ0v) is 9.06. The molecule has 0 bridgehead atoms. The first-order chi connectivity index (χ1) is 6.15. The summed E-state index contributed by atoms with van der Waals surface area (Å²) in [6.45, 7) is 3.19. The molecule has 0 aliphatic carbocycles. The Labute approximate surface area is 81.0 Å². The second kappa shape index (κ2) is 4.89. The van der Waals surface area contributed by atoms with Gasteiger partial charge in [-0.1, -0.05) is 9.39 Å². The highest BCUT2D eigenvalue weighted by Crippen LogP contribution is 2.22. The molecule has 1 fully saturated rings. The number of nitrogens with two attached hydrogens (primary N) is 1. The van der Waals surface area contributed by atoms with Crippen LogP contribution in [0.2, 0.25) is 0 Å². The topological polar surface area (TPSA) is 55.6 Å². The Morgan fingerprint density at radius 3 is 2.92 bits per heavy atom. The van der Waals surface area contributed by atoms with Crippen molar-refractivity contribution in [2.45, 2.75) is 31.8 Å². The molecule has 0 aromatic heterocycles. The Balaban J connectivity index is 2.38. The van der Waals surface area contributed by atoms with Gasteiger partial charge in [0.2, 0.25) is 0 Å². The number of ether oxygens (including phenoxy) is 1. The molecule has 5 heteroatoms. The maximum atomic E-state index is 11.2. The summed E-state index contributed by atoms with van der Waals surface area (Å²) < 4.78 is 6.91. The van der Waals surface area contributed by atoms with Crippen LogP contribution in [0.15, 0.2) is 0 Å². The number of nitrogens with zero attached hydrogens (tertiary/aromatic N) is 1. The number of hydrogen-bond donors (Lipinski definition) is 1. The van der Waals surface area contributed by atoms with E-state index in [1.54, 1.807) is 0 Å². The summed E-state index contributed by atoms with van der Waals surface area (Å²) >= 11 is 0. The molecule has 0 aromatic carbocycles. The van der Waals surface area contributed by atoms with Crippen molar-refractivity contribution in [3.63, 3.8) is 0 Å². The normalized spacial score (nSPS) is 29.2. The Morgan fingerprint density at radius 2 is 2.46 bits per heavy atom. The third-order valence-electron chi connectivity index (χ3n) is 2.32. The molecule has 0 aromatic rings. The molecule has 1 saturated heterocycles. The summed E-state index contributed by atoms with van der Waals surface area (Å²) in [4.78, 5) is 11.2. The monoisotopic (exact) mass is 204 g/mol. The minimum Gasteiger partial charge on any atom is -0.466 e. The number of esters is 1. The average molecular weight is 204 g/mol. The second-order valence-electron chi connectivity index (χ2n) is 3.27. The molecule has 1 aliphatic rings. The molecule has 1 rings (SSSR count). The highest BCUT2D eigenvalue weighted by atomic mass is 31.0. The molecule has 2 unspecified atom stereocenters. The Kier molecular flexibility index (Phi) is 4.10. The van der Waals surface area contributed by atoms with Crippen molar-refractivity contribution in [1.29, 1.82) is 0 Å². The van der Waals surface area contributed by atoms with Gasteiger partial charge in [-0.15, -0.1) is 0 Å². The maximum Gasteiger partial charge on any atom is 0.307 e. The molecule has 1 heterocycles. The van der Waals surface area contributed by atoms with E-state index in [-0.39, 0.29) is 18.1 Å². The SMILES string of the molecule is CCOC(=O)C[C@@H]1C(N)CCN1P. The molecular weight excluding hydrogens is 187 g/mol. The molecule has 2 N–H and O–H groups in total. The van der Waals surface area contributed by atoms with Gasteiger partial charge in [0, 0.05) is 18.6 Å². The molecule has 0 spiro atoms. The van der Waals surface area contributed by atoms with Crippen LogP contribution in [0.25, 0.3) is 0 Å². The van der Waals surface area contributed by atoms with Crippen LogP contribution in [0.3, 0.4) is 0 Å². The van der Waals surface area contributed by atoms with Gasteiger partial charge in [0.05, 0.1) is 13.0 Å². The lowest BCUT2D eigenvalue weighted by Crippen LogP contribution is -2.37. The van der Waals surface area contributed by atoms with E-state index in [1.165, 1.54) is 0 Å². The van der Waals surface area contributed by atoms with Gasteiger partial charge >= 0.3 is 5.97 Å². The summed E-state index contributed by atoms with van der Waals surface area (Å²) in [7, 11) is 2.61. The summed E-state index contributed by atoms with van der Waals surface area (Å²) in [6, 6.07) is 0.228. The molecule has 1 aliphatic heterocycles. The smallest absolute Gasteiger partial charge is 0.307 e. The number of carbonyl (C=O) groups is 1. The largest absolute Gasteiger partial charge is 0.466 e. The van der Waals surface area contributed by atoms with Gasteiger partial charge in [0.15, 0.2) is 0 Å². The van der Waals surface area contributed by atoms with E-state index >= 15 is 0 Å². The van der Waals surface area contributed by atoms with Crippen LogP contribution >= 0.6 is 9.39 Å². The summed E-state index contributed by atoms with van der Waals surface area (Å²) in [5.41, 5.74) is 5.85. The van der Waals surface area contributed by atoms with Gasteiger partial charge in [-0.05, 0) is 13.3 Å². The first-order valence-corrected chi connectivity index (χ1v) is 5.09. The molecule has 76 valence electrons. The van der Waals surface area contributed by atoms with Gasteiger partial charge in [-0.3, -0.25) is 9.46 Å². The quantitative estimate of drug-likeness (QED) is 0.524. The van der Waals surface area contributed by atoms with Crippen LogP contribution in [0.5, 0.6) is 0 Å². The molecule has 4 nitrogen and oxygen atoms in total. The van der Waals surface area contributed by atoms with Gasteiger partial charge in [0.1, 0.15) is 0 Å². The van der Waals surface area contributed by atoms with Gasteiger partial charge in [-0.25, -0.2) is 0 Å². The minimum absolute atomic E-state index is 0.0990. The van der Waals surface area contributed by atoms with E-state index in [9.17, 15) is 4.79 Å². The van der Waals surface area contributed by atoms with Crippen molar-refractivity contribution in [2.75, 3.05) is 13.2 Å². The summed E-state index contributed by atoms with van der Waals surface area (Å²) in [6.07, 6.45) is 1.35. The van der Waals surface area contributed by atoms with Gasteiger partial charge in [-0.2, -0.15) is 0 Å². The fourth-order valence-electron chi connectivity index (χ4n) is 1.56. The Morgan fingerprint density at radius 1 is 1.77 bits per heavy atom.